The molecule has 0 aromatic rings. The molecule has 3 amide bonds. The van der Waals surface area contributed by atoms with E-state index in [1.165, 1.54) is 0 Å². The lowest BCUT2D eigenvalue weighted by Gasteiger charge is -2.44. The molecule has 4 rings (SSSR count). The summed E-state index contributed by atoms with van der Waals surface area (Å²) in [4.78, 5) is 43.4. The van der Waals surface area contributed by atoms with Gasteiger partial charge >= 0.3 is 0 Å². The zero-order valence-electron chi connectivity index (χ0n) is 19.6. The van der Waals surface area contributed by atoms with Crippen LogP contribution in [0.3, 0.4) is 0 Å². The molecule has 0 aromatic heterocycles. The summed E-state index contributed by atoms with van der Waals surface area (Å²) < 4.78 is 5.59. The molecule has 4 fully saturated rings. The van der Waals surface area contributed by atoms with Crippen molar-refractivity contribution in [3.8, 4) is 0 Å². The Balaban J connectivity index is 1.29. The van der Waals surface area contributed by atoms with Crippen LogP contribution in [-0.2, 0) is 19.1 Å². The van der Waals surface area contributed by atoms with Crippen molar-refractivity contribution in [3.63, 3.8) is 0 Å². The number of rotatable bonds is 7. The first kappa shape index (κ1) is 23.5. The van der Waals surface area contributed by atoms with Crippen molar-refractivity contribution in [3.05, 3.63) is 0 Å². The van der Waals surface area contributed by atoms with Gasteiger partial charge in [-0.2, -0.15) is 0 Å². The van der Waals surface area contributed by atoms with Crippen LogP contribution in [0.15, 0.2) is 0 Å². The molecular formula is C24H40N4O4. The molecule has 180 valence electrons. The Morgan fingerprint density at radius 3 is 2.25 bits per heavy atom. The predicted octanol–water partition coefficient (Wildman–Crippen LogP) is 1.24. The molecule has 0 aromatic carbocycles. The Hall–Kier alpha value is -1.67. The zero-order valence-corrected chi connectivity index (χ0v) is 19.6. The second kappa shape index (κ2) is 11.0. The molecule has 8 nitrogen and oxygen atoms in total. The fraction of sp³-hybridized carbons (Fsp3) is 0.875. The second-order valence-corrected chi connectivity index (χ2v) is 10.0. The summed E-state index contributed by atoms with van der Waals surface area (Å²) >= 11 is 0. The summed E-state index contributed by atoms with van der Waals surface area (Å²) in [6.07, 6.45) is 7.82. The first-order chi connectivity index (χ1) is 15.5. The fourth-order valence-electron chi connectivity index (χ4n) is 5.60. The van der Waals surface area contributed by atoms with Crippen LogP contribution in [0, 0.1) is 11.8 Å². The summed E-state index contributed by atoms with van der Waals surface area (Å²) in [5, 5.41) is 3.17. The van der Waals surface area contributed by atoms with Gasteiger partial charge in [0.25, 0.3) is 0 Å². The van der Waals surface area contributed by atoms with Crippen molar-refractivity contribution in [2.45, 2.75) is 70.4 Å². The Labute approximate surface area is 192 Å². The number of piperidine rings is 2. The number of amides is 3. The molecular weight excluding hydrogens is 408 g/mol. The summed E-state index contributed by atoms with van der Waals surface area (Å²) in [5.74, 6) is 0.848. The lowest BCUT2D eigenvalue weighted by Crippen LogP contribution is -2.56. The van der Waals surface area contributed by atoms with E-state index in [2.05, 4.69) is 15.1 Å². The molecule has 1 atom stereocenters. The van der Waals surface area contributed by atoms with Crippen LogP contribution in [0.25, 0.3) is 0 Å². The van der Waals surface area contributed by atoms with Crippen LogP contribution in [0.5, 0.6) is 0 Å². The van der Waals surface area contributed by atoms with Gasteiger partial charge in [-0.05, 0) is 51.4 Å². The van der Waals surface area contributed by atoms with Crippen molar-refractivity contribution in [2.24, 2.45) is 11.8 Å². The first-order valence-electron chi connectivity index (χ1n) is 12.7. The van der Waals surface area contributed by atoms with Crippen LogP contribution in [0.4, 0.5) is 0 Å². The number of carbonyl (C=O) groups excluding carboxylic acids is 3. The molecule has 1 aliphatic carbocycles. The van der Waals surface area contributed by atoms with Gasteiger partial charge in [0.2, 0.25) is 17.7 Å². The lowest BCUT2D eigenvalue weighted by molar-refractivity contribution is -0.135. The second-order valence-electron chi connectivity index (χ2n) is 10.0. The minimum atomic E-state index is 0.00321. The summed E-state index contributed by atoms with van der Waals surface area (Å²) in [6, 6.07) is 0.825. The Morgan fingerprint density at radius 2 is 1.59 bits per heavy atom. The molecule has 8 heteroatoms. The molecule has 32 heavy (non-hydrogen) atoms. The SMILES string of the molecule is CC(=O)N1CCC(C(=O)NCCN(C2CCOCC2)C2CCCN(C(=O)C3CC3)C2)CC1. The van der Waals surface area contributed by atoms with Crippen molar-refractivity contribution >= 4 is 17.7 Å². The van der Waals surface area contributed by atoms with Crippen molar-refractivity contribution in [1.29, 1.82) is 0 Å². The van der Waals surface area contributed by atoms with Crippen molar-refractivity contribution in [2.75, 3.05) is 52.5 Å². The normalized spacial score (nSPS) is 25.8. The fourth-order valence-corrected chi connectivity index (χ4v) is 5.60. The first-order valence-corrected chi connectivity index (χ1v) is 12.7. The van der Waals surface area contributed by atoms with Crippen LogP contribution in [-0.4, -0.2) is 97.0 Å². The van der Waals surface area contributed by atoms with Gasteiger partial charge in [0.1, 0.15) is 0 Å². The zero-order chi connectivity index (χ0) is 22.5. The third-order valence-corrected chi connectivity index (χ3v) is 7.74. The van der Waals surface area contributed by atoms with Gasteiger partial charge in [0.15, 0.2) is 0 Å². The van der Waals surface area contributed by atoms with Crippen molar-refractivity contribution in [1.82, 2.24) is 20.0 Å². The molecule has 1 saturated carbocycles. The van der Waals surface area contributed by atoms with Crippen LogP contribution >= 0.6 is 0 Å². The van der Waals surface area contributed by atoms with Gasteiger partial charge in [-0.1, -0.05) is 0 Å². The van der Waals surface area contributed by atoms with E-state index in [1.807, 2.05) is 4.90 Å². The number of ether oxygens (including phenoxy) is 1. The van der Waals surface area contributed by atoms with Gasteiger partial charge < -0.3 is 19.9 Å². The molecule has 3 aliphatic heterocycles. The smallest absolute Gasteiger partial charge is 0.225 e. The quantitative estimate of drug-likeness (QED) is 0.634. The standard InChI is InChI=1S/C24H40N4O4/c1-18(29)26-12-6-19(7-13-26)23(30)25-10-14-28(21-8-15-32-16-9-21)22-3-2-11-27(17-22)24(31)20-4-5-20/h19-22H,2-17H2,1H3,(H,25,30). The van der Waals surface area contributed by atoms with Crippen LogP contribution < -0.4 is 5.32 Å². The third-order valence-electron chi connectivity index (χ3n) is 7.74. The predicted molar refractivity (Wildman–Crippen MR) is 121 cm³/mol. The molecule has 0 radical (unpaired) electrons. The summed E-state index contributed by atoms with van der Waals surface area (Å²) in [5.41, 5.74) is 0. The van der Waals surface area contributed by atoms with Gasteiger partial charge in [-0.3, -0.25) is 19.3 Å². The van der Waals surface area contributed by atoms with Gasteiger partial charge in [-0.15, -0.1) is 0 Å². The van der Waals surface area contributed by atoms with Crippen LogP contribution in [0.1, 0.15) is 58.3 Å². The molecule has 1 N–H and O–H groups in total. The van der Waals surface area contributed by atoms with E-state index in [9.17, 15) is 14.4 Å². The summed E-state index contributed by atoms with van der Waals surface area (Å²) in [6.45, 7) is 7.70. The van der Waals surface area contributed by atoms with E-state index in [1.54, 1.807) is 6.92 Å². The van der Waals surface area contributed by atoms with E-state index >= 15 is 0 Å². The van der Waals surface area contributed by atoms with E-state index in [0.717, 1.165) is 84.2 Å². The topological polar surface area (TPSA) is 82.2 Å². The van der Waals surface area contributed by atoms with E-state index in [-0.39, 0.29) is 23.7 Å². The number of nitrogens with one attached hydrogen (secondary N) is 1. The maximum absolute atomic E-state index is 12.7. The number of nitrogens with zero attached hydrogens (tertiary/aromatic N) is 3. The Kier molecular flexibility index (Phi) is 8.05. The average molecular weight is 449 g/mol. The monoisotopic (exact) mass is 448 g/mol. The average Bonchev–Trinajstić information content (AvgIpc) is 3.67. The maximum atomic E-state index is 12.7. The van der Waals surface area contributed by atoms with E-state index < -0.39 is 0 Å². The lowest BCUT2D eigenvalue weighted by atomic mass is 9.96. The summed E-state index contributed by atoms with van der Waals surface area (Å²) in [7, 11) is 0. The molecule has 3 heterocycles. The maximum Gasteiger partial charge on any atom is 0.225 e. The molecule has 0 bridgehead atoms. The minimum Gasteiger partial charge on any atom is -0.381 e. The molecule has 0 spiro atoms. The highest BCUT2D eigenvalue weighted by molar-refractivity contribution is 5.81. The van der Waals surface area contributed by atoms with Gasteiger partial charge in [0.05, 0.1) is 0 Å². The third kappa shape index (κ3) is 6.01. The number of hydrogen-bond acceptors (Lipinski definition) is 5. The molecule has 1 unspecified atom stereocenters. The number of likely N-dealkylation sites (tertiary alicyclic amines) is 2. The van der Waals surface area contributed by atoms with Crippen molar-refractivity contribution < 1.29 is 19.1 Å². The number of carbonyl (C=O) groups is 3. The van der Waals surface area contributed by atoms with E-state index in [0.29, 0.717) is 37.6 Å². The highest BCUT2D eigenvalue weighted by Gasteiger charge is 2.38. The Bertz CT molecular complexity index is 669. The van der Waals surface area contributed by atoms with E-state index in [4.69, 9.17) is 4.74 Å². The minimum absolute atomic E-state index is 0.00321. The molecule has 4 aliphatic rings. The largest absolute Gasteiger partial charge is 0.381 e. The highest BCUT2D eigenvalue weighted by atomic mass is 16.5. The Morgan fingerprint density at radius 1 is 0.875 bits per heavy atom. The van der Waals surface area contributed by atoms with Gasteiger partial charge in [0, 0.05) is 83.3 Å². The van der Waals surface area contributed by atoms with Gasteiger partial charge in [-0.25, -0.2) is 0 Å². The van der Waals surface area contributed by atoms with Crippen LogP contribution in [0.2, 0.25) is 0 Å². The highest BCUT2D eigenvalue weighted by Crippen LogP contribution is 2.33. The molecule has 3 saturated heterocycles. The number of hydrogen-bond donors (Lipinski definition) is 1.